The molecule has 232 valence electrons. The highest BCUT2D eigenvalue weighted by molar-refractivity contribution is 5.97. The van der Waals surface area contributed by atoms with Crippen LogP contribution in [0.4, 0.5) is 0 Å². The molecule has 2 rings (SSSR count). The number of rotatable bonds is 17. The Morgan fingerprint density at radius 1 is 0.698 bits per heavy atom. The van der Waals surface area contributed by atoms with Gasteiger partial charge in [-0.05, 0) is 18.1 Å². The smallest absolute Gasteiger partial charge is 0.326 e. The Labute approximate surface area is 243 Å². The van der Waals surface area contributed by atoms with Crippen LogP contribution in [0, 0.1) is 0 Å². The zero-order valence-corrected chi connectivity index (χ0v) is 22.8. The number of carboxylic acids is 4. The number of amides is 4. The molecule has 2 aromatic rings. The summed E-state index contributed by atoms with van der Waals surface area (Å²) in [5.74, 6) is -10.0. The van der Waals surface area contributed by atoms with Gasteiger partial charge in [0.1, 0.15) is 24.2 Å². The van der Waals surface area contributed by atoms with Gasteiger partial charge in [-0.3, -0.25) is 33.6 Å². The zero-order chi connectivity index (χ0) is 32.3. The third-order valence-corrected chi connectivity index (χ3v) is 6.08. The molecule has 0 bridgehead atoms. The lowest BCUT2D eigenvalue weighted by atomic mass is 10.0. The van der Waals surface area contributed by atoms with Crippen LogP contribution in [0.15, 0.2) is 30.5 Å². The number of carboxylic acid groups (broad SMARTS) is 4. The fourth-order valence-corrected chi connectivity index (χ4v) is 4.09. The third kappa shape index (κ3) is 10.8. The molecule has 17 heteroatoms. The Balaban J connectivity index is 2.39. The topological polar surface area (TPSA) is 281 Å². The van der Waals surface area contributed by atoms with Crippen LogP contribution in [-0.4, -0.2) is 97.1 Å². The van der Waals surface area contributed by atoms with Gasteiger partial charge in [0.2, 0.25) is 23.6 Å². The molecule has 4 atom stereocenters. The van der Waals surface area contributed by atoms with Crippen molar-refractivity contribution < 1.29 is 58.8 Å². The van der Waals surface area contributed by atoms with Gasteiger partial charge in [0.15, 0.2) is 0 Å². The first-order chi connectivity index (χ1) is 20.2. The monoisotopic (exact) mass is 605 g/mol. The summed E-state index contributed by atoms with van der Waals surface area (Å²) in [7, 11) is 0. The molecule has 0 saturated carbocycles. The lowest BCUT2D eigenvalue weighted by molar-refractivity contribution is -0.147. The van der Waals surface area contributed by atoms with Crippen molar-refractivity contribution in [3.8, 4) is 0 Å². The summed E-state index contributed by atoms with van der Waals surface area (Å²) < 4.78 is 0. The number of fused-ring (bicyclic) bond motifs is 1. The van der Waals surface area contributed by atoms with Gasteiger partial charge in [-0.1, -0.05) is 18.2 Å². The molecular formula is C26H31N5O12. The van der Waals surface area contributed by atoms with E-state index in [-0.39, 0.29) is 6.42 Å². The Kier molecular flexibility index (Phi) is 12.2. The molecule has 43 heavy (non-hydrogen) atoms. The van der Waals surface area contributed by atoms with Crippen LogP contribution < -0.4 is 21.3 Å². The van der Waals surface area contributed by atoms with Crippen molar-refractivity contribution in [2.45, 2.75) is 63.2 Å². The SMILES string of the molecule is CC(=O)N[C@@H](CC(=O)O)C(=O)N[C@@H](CCC(=O)O)C(=O)N[C@@H](Cc1c[nH]c2ccccc12)C(=O)N[C@@H](CC(=O)O)C(=O)O. The standard InChI is InChI=1S/C26H31N5O12/c1-12(32)28-18(9-21(35)36)25(41)29-16(6-7-20(33)34)23(39)30-17(24(40)31-19(26(42)43)10-22(37)38)8-13-11-27-15-5-3-2-4-14(13)15/h2-5,11,16-19,27H,6-10H2,1H3,(H,28,32)(H,29,41)(H,30,39)(H,31,40)(H,33,34)(H,35,36)(H,37,38)(H,42,43)/t16-,17-,18-,19-/m0/s1. The molecule has 1 aromatic carbocycles. The van der Waals surface area contributed by atoms with Crippen LogP contribution in [-0.2, 0) is 44.8 Å². The number of para-hydroxylation sites is 1. The van der Waals surface area contributed by atoms with E-state index in [0.717, 1.165) is 6.92 Å². The molecule has 4 amide bonds. The van der Waals surface area contributed by atoms with Crippen molar-refractivity contribution in [1.29, 1.82) is 0 Å². The lowest BCUT2D eigenvalue weighted by Gasteiger charge is -2.25. The molecule has 1 heterocycles. The first-order valence-corrected chi connectivity index (χ1v) is 12.8. The van der Waals surface area contributed by atoms with Crippen molar-refractivity contribution in [1.82, 2.24) is 26.3 Å². The summed E-state index contributed by atoms with van der Waals surface area (Å²) >= 11 is 0. The fourth-order valence-electron chi connectivity index (χ4n) is 4.09. The normalized spacial score (nSPS) is 13.5. The minimum absolute atomic E-state index is 0.242. The van der Waals surface area contributed by atoms with E-state index in [0.29, 0.717) is 16.5 Å². The summed E-state index contributed by atoms with van der Waals surface area (Å²) in [6, 6.07) is 0.241. The maximum Gasteiger partial charge on any atom is 0.326 e. The second kappa shape index (κ2) is 15.5. The minimum Gasteiger partial charge on any atom is -0.481 e. The van der Waals surface area contributed by atoms with E-state index in [2.05, 4.69) is 26.3 Å². The number of aromatic amines is 1. The molecule has 0 fully saturated rings. The lowest BCUT2D eigenvalue weighted by Crippen LogP contribution is -2.58. The van der Waals surface area contributed by atoms with Gasteiger partial charge in [-0.15, -0.1) is 0 Å². The Hall–Kier alpha value is -5.48. The maximum atomic E-state index is 13.3. The summed E-state index contributed by atoms with van der Waals surface area (Å²) in [5.41, 5.74) is 1.17. The Morgan fingerprint density at radius 3 is 1.81 bits per heavy atom. The summed E-state index contributed by atoms with van der Waals surface area (Å²) in [5, 5.41) is 46.0. The van der Waals surface area contributed by atoms with E-state index in [4.69, 9.17) is 15.3 Å². The number of nitrogens with one attached hydrogen (secondary N) is 5. The minimum atomic E-state index is -1.86. The molecule has 0 spiro atoms. The zero-order valence-electron chi connectivity index (χ0n) is 22.8. The van der Waals surface area contributed by atoms with E-state index in [1.807, 2.05) is 0 Å². The van der Waals surface area contributed by atoms with Crippen molar-refractivity contribution in [3.63, 3.8) is 0 Å². The number of hydrogen-bond donors (Lipinski definition) is 9. The summed E-state index contributed by atoms with van der Waals surface area (Å²) in [4.78, 5) is 98.9. The molecule has 17 nitrogen and oxygen atoms in total. The fraction of sp³-hybridized carbons (Fsp3) is 0.385. The van der Waals surface area contributed by atoms with Gasteiger partial charge in [-0.25, -0.2) is 4.79 Å². The average molecular weight is 606 g/mol. The van der Waals surface area contributed by atoms with Crippen LogP contribution in [0.3, 0.4) is 0 Å². The Morgan fingerprint density at radius 2 is 1.23 bits per heavy atom. The van der Waals surface area contributed by atoms with Gasteiger partial charge in [0.05, 0.1) is 12.8 Å². The van der Waals surface area contributed by atoms with E-state index < -0.39 is 97.4 Å². The number of aromatic nitrogens is 1. The summed E-state index contributed by atoms with van der Waals surface area (Å²) in [6.45, 7) is 1.03. The molecule has 1 aromatic heterocycles. The first-order valence-electron chi connectivity index (χ1n) is 12.8. The highest BCUT2D eigenvalue weighted by Gasteiger charge is 2.33. The highest BCUT2D eigenvalue weighted by Crippen LogP contribution is 2.19. The quantitative estimate of drug-likeness (QED) is 0.100. The molecule has 0 aliphatic heterocycles. The van der Waals surface area contributed by atoms with Crippen molar-refractivity contribution in [2.75, 3.05) is 0 Å². The summed E-state index contributed by atoms with van der Waals surface area (Å²) in [6.07, 6.45) is -1.68. The van der Waals surface area contributed by atoms with Crippen LogP contribution in [0.1, 0.15) is 38.2 Å². The van der Waals surface area contributed by atoms with E-state index in [1.165, 1.54) is 6.20 Å². The average Bonchev–Trinajstić information content (AvgIpc) is 3.31. The number of carbonyl (C=O) groups excluding carboxylic acids is 4. The number of H-pyrrole nitrogens is 1. The van der Waals surface area contributed by atoms with Gasteiger partial charge in [0.25, 0.3) is 0 Å². The molecule has 9 N–H and O–H groups in total. The second-order valence-corrected chi connectivity index (χ2v) is 9.47. The van der Waals surface area contributed by atoms with Crippen molar-refractivity contribution >= 4 is 58.4 Å². The van der Waals surface area contributed by atoms with Crippen LogP contribution >= 0.6 is 0 Å². The number of hydrogen-bond acceptors (Lipinski definition) is 8. The third-order valence-electron chi connectivity index (χ3n) is 6.08. The number of carbonyl (C=O) groups is 8. The van der Waals surface area contributed by atoms with Crippen molar-refractivity contribution in [2.24, 2.45) is 0 Å². The maximum absolute atomic E-state index is 13.3. The Bertz CT molecular complexity index is 1390. The highest BCUT2D eigenvalue weighted by atomic mass is 16.4. The van der Waals surface area contributed by atoms with E-state index in [1.54, 1.807) is 24.3 Å². The van der Waals surface area contributed by atoms with Crippen molar-refractivity contribution in [3.05, 3.63) is 36.0 Å². The predicted molar refractivity (Wildman–Crippen MR) is 144 cm³/mol. The number of benzene rings is 1. The van der Waals surface area contributed by atoms with Gasteiger partial charge < -0.3 is 46.7 Å². The molecule has 0 radical (unpaired) electrons. The van der Waals surface area contributed by atoms with Gasteiger partial charge in [0, 0.05) is 36.9 Å². The molecule has 0 unspecified atom stereocenters. The molecule has 0 aliphatic carbocycles. The first kappa shape index (κ1) is 33.7. The number of aliphatic carboxylic acids is 4. The second-order valence-electron chi connectivity index (χ2n) is 9.47. The van der Waals surface area contributed by atoms with Gasteiger partial charge in [-0.2, -0.15) is 0 Å². The predicted octanol–water partition coefficient (Wildman–Crippen LogP) is -1.43. The molecule has 0 saturated heterocycles. The molecular weight excluding hydrogens is 574 g/mol. The van der Waals surface area contributed by atoms with Gasteiger partial charge >= 0.3 is 23.9 Å². The van der Waals surface area contributed by atoms with Crippen LogP contribution in [0.25, 0.3) is 10.9 Å². The van der Waals surface area contributed by atoms with E-state index >= 15 is 0 Å². The van der Waals surface area contributed by atoms with E-state index in [9.17, 15) is 43.5 Å². The van der Waals surface area contributed by atoms with Crippen LogP contribution in [0.5, 0.6) is 0 Å². The largest absolute Gasteiger partial charge is 0.481 e. The van der Waals surface area contributed by atoms with Crippen LogP contribution in [0.2, 0.25) is 0 Å². The molecule has 0 aliphatic rings.